The minimum atomic E-state index is -4.39. The Bertz CT molecular complexity index is 756. The molecule has 0 fully saturated rings. The molecular formula is C15H17F3N4O2. The van der Waals surface area contributed by atoms with Gasteiger partial charge < -0.3 is 10.4 Å². The van der Waals surface area contributed by atoms with Crippen molar-refractivity contribution in [3.63, 3.8) is 0 Å². The van der Waals surface area contributed by atoms with Gasteiger partial charge in [0.25, 0.3) is 0 Å². The highest BCUT2D eigenvalue weighted by atomic mass is 19.4. The topological polar surface area (TPSA) is 80.0 Å². The molecule has 0 aromatic carbocycles. The summed E-state index contributed by atoms with van der Waals surface area (Å²) in [7, 11) is 0. The molecule has 130 valence electrons. The van der Waals surface area contributed by atoms with Gasteiger partial charge in [-0.2, -0.15) is 18.3 Å². The first-order valence-corrected chi connectivity index (χ1v) is 7.14. The van der Waals surface area contributed by atoms with Crippen molar-refractivity contribution in [1.29, 1.82) is 0 Å². The summed E-state index contributed by atoms with van der Waals surface area (Å²) in [5.41, 5.74) is 1.26. The molecule has 0 aliphatic rings. The number of carbonyl (C=O) groups excluding carboxylic acids is 1. The number of halogens is 3. The van der Waals surface area contributed by atoms with Crippen molar-refractivity contribution in [1.82, 2.24) is 14.8 Å². The highest BCUT2D eigenvalue weighted by Gasteiger charge is 2.31. The Morgan fingerprint density at radius 3 is 2.67 bits per heavy atom. The first-order valence-electron chi connectivity index (χ1n) is 7.14. The monoisotopic (exact) mass is 342 g/mol. The summed E-state index contributed by atoms with van der Waals surface area (Å²) in [6.45, 7) is 3.42. The average Bonchev–Trinajstić information content (AvgIpc) is 2.73. The van der Waals surface area contributed by atoms with Gasteiger partial charge in [0.15, 0.2) is 5.75 Å². The van der Waals surface area contributed by atoms with Crippen LogP contribution in [0.4, 0.5) is 18.9 Å². The van der Waals surface area contributed by atoms with E-state index in [1.54, 1.807) is 13.8 Å². The lowest BCUT2D eigenvalue weighted by atomic mass is 9.98. The van der Waals surface area contributed by atoms with E-state index in [1.165, 1.54) is 25.4 Å². The standard InChI is InChI=1S/C15H17F3N4O2/c1-8(14(24)20-11-4-5-19-6-12(11)23)13-9(2)21-22(10(13)3)7-15(16,17)18/h4-6,8,23H,7H2,1-3H3,(H,19,20,24). The molecule has 2 aromatic rings. The number of pyridine rings is 1. The molecule has 9 heteroatoms. The van der Waals surface area contributed by atoms with Crippen molar-refractivity contribution in [2.45, 2.75) is 39.4 Å². The predicted molar refractivity (Wildman–Crippen MR) is 80.7 cm³/mol. The maximum absolute atomic E-state index is 12.6. The smallest absolute Gasteiger partial charge is 0.408 e. The molecule has 0 aliphatic carbocycles. The third kappa shape index (κ3) is 3.84. The predicted octanol–water partition coefficient (Wildman–Crippen LogP) is 2.91. The van der Waals surface area contributed by atoms with E-state index in [0.29, 0.717) is 11.3 Å². The van der Waals surface area contributed by atoms with Gasteiger partial charge in [-0.1, -0.05) is 0 Å². The molecule has 6 nitrogen and oxygen atoms in total. The van der Waals surface area contributed by atoms with Crippen LogP contribution in [0.15, 0.2) is 18.5 Å². The fourth-order valence-corrected chi connectivity index (χ4v) is 2.53. The van der Waals surface area contributed by atoms with E-state index < -0.39 is 24.5 Å². The molecule has 2 rings (SSSR count). The van der Waals surface area contributed by atoms with Gasteiger partial charge in [-0.15, -0.1) is 0 Å². The molecule has 2 heterocycles. The van der Waals surface area contributed by atoms with Crippen LogP contribution < -0.4 is 5.32 Å². The molecule has 0 bridgehead atoms. The minimum Gasteiger partial charge on any atom is -0.504 e. The second-order valence-electron chi connectivity index (χ2n) is 5.46. The van der Waals surface area contributed by atoms with Crippen molar-refractivity contribution in [3.8, 4) is 5.75 Å². The molecule has 24 heavy (non-hydrogen) atoms. The SMILES string of the molecule is Cc1nn(CC(F)(F)F)c(C)c1C(C)C(=O)Nc1ccncc1O. The third-order valence-corrected chi connectivity index (χ3v) is 3.65. The lowest BCUT2D eigenvalue weighted by Crippen LogP contribution is -2.21. The van der Waals surface area contributed by atoms with E-state index in [-0.39, 0.29) is 17.1 Å². The largest absolute Gasteiger partial charge is 0.504 e. The molecule has 2 aromatic heterocycles. The summed E-state index contributed by atoms with van der Waals surface area (Å²) in [4.78, 5) is 16.1. The van der Waals surface area contributed by atoms with E-state index in [2.05, 4.69) is 15.4 Å². The average molecular weight is 342 g/mol. The summed E-state index contributed by atoms with van der Waals surface area (Å²) in [5, 5.41) is 16.0. The number of aromatic nitrogens is 3. The van der Waals surface area contributed by atoms with Gasteiger partial charge in [0.05, 0.1) is 23.5 Å². The first kappa shape index (κ1) is 17.8. The number of aromatic hydroxyl groups is 1. The van der Waals surface area contributed by atoms with Gasteiger partial charge >= 0.3 is 6.18 Å². The van der Waals surface area contributed by atoms with Crippen LogP contribution in [0.2, 0.25) is 0 Å². The van der Waals surface area contributed by atoms with Crippen molar-refractivity contribution in [3.05, 3.63) is 35.4 Å². The van der Waals surface area contributed by atoms with Crippen molar-refractivity contribution >= 4 is 11.6 Å². The maximum atomic E-state index is 12.6. The quantitative estimate of drug-likeness (QED) is 0.895. The fraction of sp³-hybridized carbons (Fsp3) is 0.400. The van der Waals surface area contributed by atoms with Crippen LogP contribution in [0.25, 0.3) is 0 Å². The number of hydrogen-bond donors (Lipinski definition) is 2. The van der Waals surface area contributed by atoms with Crippen LogP contribution in [-0.4, -0.2) is 32.0 Å². The minimum absolute atomic E-state index is 0.180. The Balaban J connectivity index is 2.25. The molecule has 0 aliphatic heterocycles. The zero-order valence-corrected chi connectivity index (χ0v) is 13.3. The lowest BCUT2D eigenvalue weighted by Gasteiger charge is -2.14. The molecule has 0 radical (unpaired) electrons. The van der Waals surface area contributed by atoms with Crippen molar-refractivity contribution in [2.75, 3.05) is 5.32 Å². The summed E-state index contributed by atoms with van der Waals surface area (Å²) in [5.74, 6) is -1.40. The molecule has 1 amide bonds. The summed E-state index contributed by atoms with van der Waals surface area (Å²) >= 11 is 0. The van der Waals surface area contributed by atoms with E-state index >= 15 is 0 Å². The van der Waals surface area contributed by atoms with Crippen LogP contribution in [-0.2, 0) is 11.3 Å². The van der Waals surface area contributed by atoms with Crippen molar-refractivity contribution in [2.24, 2.45) is 0 Å². The third-order valence-electron chi connectivity index (χ3n) is 3.65. The number of hydrogen-bond acceptors (Lipinski definition) is 4. The van der Waals surface area contributed by atoms with Gasteiger partial charge in [-0.3, -0.25) is 14.5 Å². The van der Waals surface area contributed by atoms with Gasteiger partial charge in [0, 0.05) is 17.5 Å². The van der Waals surface area contributed by atoms with Gasteiger partial charge in [-0.25, -0.2) is 0 Å². The number of carbonyl (C=O) groups is 1. The highest BCUT2D eigenvalue weighted by Crippen LogP contribution is 2.28. The van der Waals surface area contributed by atoms with Crippen LogP contribution >= 0.6 is 0 Å². The molecule has 0 saturated heterocycles. The molecule has 0 saturated carbocycles. The Labute approximate surface area is 136 Å². The highest BCUT2D eigenvalue weighted by molar-refractivity contribution is 5.96. The Hall–Kier alpha value is -2.58. The number of anilines is 1. The maximum Gasteiger partial charge on any atom is 0.408 e. The molecule has 2 N–H and O–H groups in total. The number of rotatable bonds is 4. The van der Waals surface area contributed by atoms with Crippen LogP contribution in [0, 0.1) is 13.8 Å². The fourth-order valence-electron chi connectivity index (χ4n) is 2.53. The second kappa shape index (κ2) is 6.50. The normalized spacial score (nSPS) is 12.9. The number of nitrogens with one attached hydrogen (secondary N) is 1. The van der Waals surface area contributed by atoms with E-state index in [0.717, 1.165) is 4.68 Å². The van der Waals surface area contributed by atoms with Gasteiger partial charge in [0.1, 0.15) is 6.54 Å². The summed E-state index contributed by atoms with van der Waals surface area (Å²) in [6.07, 6.45) is -1.81. The number of amides is 1. The molecule has 1 unspecified atom stereocenters. The number of alkyl halides is 3. The zero-order chi connectivity index (χ0) is 18.1. The number of aryl methyl sites for hydroxylation is 1. The Morgan fingerprint density at radius 2 is 2.08 bits per heavy atom. The van der Waals surface area contributed by atoms with E-state index in [9.17, 15) is 23.1 Å². The lowest BCUT2D eigenvalue weighted by molar-refractivity contribution is -0.143. The summed E-state index contributed by atoms with van der Waals surface area (Å²) < 4.78 is 38.6. The molecule has 0 spiro atoms. The van der Waals surface area contributed by atoms with Gasteiger partial charge in [-0.05, 0) is 26.8 Å². The van der Waals surface area contributed by atoms with Crippen LogP contribution in [0.5, 0.6) is 5.75 Å². The van der Waals surface area contributed by atoms with E-state index in [1.807, 2.05) is 0 Å². The summed E-state index contributed by atoms with van der Waals surface area (Å²) in [6, 6.07) is 1.42. The first-order chi connectivity index (χ1) is 11.1. The van der Waals surface area contributed by atoms with E-state index in [4.69, 9.17) is 0 Å². The van der Waals surface area contributed by atoms with Gasteiger partial charge in [0.2, 0.25) is 5.91 Å². The Morgan fingerprint density at radius 1 is 1.42 bits per heavy atom. The Kier molecular flexibility index (Phi) is 4.81. The number of nitrogens with zero attached hydrogens (tertiary/aromatic N) is 3. The van der Waals surface area contributed by atoms with Crippen LogP contribution in [0.3, 0.4) is 0 Å². The molecular weight excluding hydrogens is 325 g/mol. The zero-order valence-electron chi connectivity index (χ0n) is 13.3. The van der Waals surface area contributed by atoms with Crippen LogP contribution in [0.1, 0.15) is 29.8 Å². The molecule has 1 atom stereocenters. The second-order valence-corrected chi connectivity index (χ2v) is 5.46. The van der Waals surface area contributed by atoms with Crippen molar-refractivity contribution < 1.29 is 23.1 Å².